The van der Waals surface area contributed by atoms with Crippen molar-refractivity contribution >= 4 is 29.2 Å². The van der Waals surface area contributed by atoms with E-state index in [1.165, 1.54) is 4.90 Å². The number of pyridine rings is 1. The van der Waals surface area contributed by atoms with Gasteiger partial charge in [-0.15, -0.1) is 0 Å². The van der Waals surface area contributed by atoms with E-state index in [0.717, 1.165) is 17.3 Å². The Labute approximate surface area is 293 Å². The second kappa shape index (κ2) is 15.6. The number of rotatable bonds is 11. The summed E-state index contributed by atoms with van der Waals surface area (Å²) in [6.45, 7) is 7.65. The summed E-state index contributed by atoms with van der Waals surface area (Å²) < 4.78 is 66.3. The maximum atomic E-state index is 14.4. The van der Waals surface area contributed by atoms with Gasteiger partial charge in [0.1, 0.15) is 29.0 Å². The number of ether oxygens (including phenoxy) is 2. The third kappa shape index (κ3) is 9.62. The van der Waals surface area contributed by atoms with Gasteiger partial charge in [0.2, 0.25) is 5.91 Å². The Bertz CT molecular complexity index is 1860. The Morgan fingerprint density at radius 3 is 2.39 bits per heavy atom. The Hall–Kier alpha value is -5.46. The van der Waals surface area contributed by atoms with Gasteiger partial charge in [-0.05, 0) is 92.9 Å². The van der Waals surface area contributed by atoms with Crippen molar-refractivity contribution in [3.8, 4) is 5.75 Å². The molecule has 0 radical (unpaired) electrons. The molecule has 9 nitrogen and oxygen atoms in total. The number of hydrogen-bond donors (Lipinski definition) is 1. The molecule has 1 unspecified atom stereocenters. The normalized spacial score (nSPS) is 13.5. The fourth-order valence-corrected chi connectivity index (χ4v) is 5.63. The number of benzene rings is 3. The van der Waals surface area contributed by atoms with Gasteiger partial charge in [0.05, 0.1) is 30.8 Å². The number of nitrogens with zero attached hydrogens (tertiary/aromatic N) is 4. The van der Waals surface area contributed by atoms with E-state index in [9.17, 15) is 27.2 Å². The van der Waals surface area contributed by atoms with Crippen molar-refractivity contribution in [1.82, 2.24) is 15.2 Å². The summed E-state index contributed by atoms with van der Waals surface area (Å²) in [6, 6.07) is 19.8. The van der Waals surface area contributed by atoms with E-state index in [0.29, 0.717) is 48.1 Å². The summed E-state index contributed by atoms with van der Waals surface area (Å²) in [6.07, 6.45) is -3.05. The standard InChI is InChI=1S/C38H39F4N5O4/c1-5-50-29-15-13-28(14-16-29)46-24-27-10-6-7-11-32(27)45-35(46)33(22-44-36(49)51-37(2,3)4)47(23-26-9-8-18-43-21-26)34(48)20-25-12-17-31(39)30(19-25)38(40,41)42/h6-19,21,33H,5,20,22-24H2,1-4H3,(H,44,49). The summed E-state index contributed by atoms with van der Waals surface area (Å²) in [4.78, 5) is 40.0. The topological polar surface area (TPSA) is 96.4 Å². The summed E-state index contributed by atoms with van der Waals surface area (Å²) in [5.41, 5.74) is 0.569. The number of amides is 2. The number of amidine groups is 1. The third-order valence-electron chi connectivity index (χ3n) is 7.89. The smallest absolute Gasteiger partial charge is 0.419 e. The third-order valence-corrected chi connectivity index (χ3v) is 7.89. The summed E-state index contributed by atoms with van der Waals surface area (Å²) in [5.74, 6) is -0.984. The predicted octanol–water partition coefficient (Wildman–Crippen LogP) is 7.85. The number of alkyl carbamates (subject to hydrolysis) is 1. The van der Waals surface area contributed by atoms with E-state index in [-0.39, 0.29) is 18.7 Å². The molecule has 0 saturated carbocycles. The molecule has 268 valence electrons. The van der Waals surface area contributed by atoms with Gasteiger partial charge in [0, 0.05) is 31.2 Å². The highest BCUT2D eigenvalue weighted by atomic mass is 19.4. The van der Waals surface area contributed by atoms with Gasteiger partial charge < -0.3 is 24.6 Å². The maximum Gasteiger partial charge on any atom is 0.419 e. The molecule has 0 aliphatic carbocycles. The van der Waals surface area contributed by atoms with Gasteiger partial charge in [0.15, 0.2) is 0 Å². The highest BCUT2D eigenvalue weighted by Crippen LogP contribution is 2.34. The first-order chi connectivity index (χ1) is 24.2. The molecule has 5 rings (SSSR count). The quantitative estimate of drug-likeness (QED) is 0.160. The number of aliphatic imine (C=N–C) groups is 1. The van der Waals surface area contributed by atoms with Crippen LogP contribution < -0.4 is 15.0 Å². The number of aromatic nitrogens is 1. The molecule has 13 heteroatoms. The average molecular weight is 706 g/mol. The van der Waals surface area contributed by atoms with E-state index in [4.69, 9.17) is 14.5 Å². The van der Waals surface area contributed by atoms with Gasteiger partial charge in [-0.2, -0.15) is 13.2 Å². The van der Waals surface area contributed by atoms with Gasteiger partial charge in [-0.3, -0.25) is 9.78 Å². The first-order valence-corrected chi connectivity index (χ1v) is 16.4. The van der Waals surface area contributed by atoms with Crippen LogP contribution >= 0.6 is 0 Å². The second-order valence-electron chi connectivity index (χ2n) is 12.9. The number of halogens is 4. The van der Waals surface area contributed by atoms with Gasteiger partial charge in [0.25, 0.3) is 0 Å². The fraction of sp³-hybridized carbons (Fsp3) is 0.316. The molecule has 1 N–H and O–H groups in total. The highest BCUT2D eigenvalue weighted by molar-refractivity contribution is 6.06. The maximum absolute atomic E-state index is 14.4. The highest BCUT2D eigenvalue weighted by Gasteiger charge is 2.37. The second-order valence-corrected chi connectivity index (χ2v) is 12.9. The van der Waals surface area contributed by atoms with Crippen LogP contribution in [0.3, 0.4) is 0 Å². The molecule has 1 atom stereocenters. The minimum atomic E-state index is -4.96. The molecule has 0 saturated heterocycles. The Kier molecular flexibility index (Phi) is 11.3. The van der Waals surface area contributed by atoms with Crippen LogP contribution in [0.15, 0.2) is 96.2 Å². The van der Waals surface area contributed by atoms with Gasteiger partial charge >= 0.3 is 12.3 Å². The fourth-order valence-electron chi connectivity index (χ4n) is 5.63. The van der Waals surface area contributed by atoms with Crippen LogP contribution in [0.4, 0.5) is 33.7 Å². The van der Waals surface area contributed by atoms with Crippen molar-refractivity contribution in [3.05, 3.63) is 119 Å². The SMILES string of the molecule is CCOc1ccc(N2Cc3ccccc3N=C2C(CNC(=O)OC(C)(C)C)N(Cc2cccnc2)C(=O)Cc2ccc(F)c(C(F)(F)F)c2)cc1. The number of hydrogen-bond acceptors (Lipinski definition) is 7. The molecular formula is C38H39F4N5O4. The average Bonchev–Trinajstić information content (AvgIpc) is 3.08. The van der Waals surface area contributed by atoms with E-state index in [1.54, 1.807) is 45.3 Å². The molecule has 3 aromatic carbocycles. The molecule has 2 amide bonds. The first-order valence-electron chi connectivity index (χ1n) is 16.4. The van der Waals surface area contributed by atoms with E-state index >= 15 is 0 Å². The lowest BCUT2D eigenvalue weighted by molar-refractivity contribution is -0.140. The minimum absolute atomic E-state index is 0.0388. The Morgan fingerprint density at radius 2 is 1.73 bits per heavy atom. The molecule has 0 spiro atoms. The number of alkyl halides is 3. The minimum Gasteiger partial charge on any atom is -0.494 e. The zero-order valence-electron chi connectivity index (χ0n) is 28.7. The molecule has 0 bridgehead atoms. The van der Waals surface area contributed by atoms with Crippen LogP contribution in [0.1, 0.15) is 49.9 Å². The zero-order chi connectivity index (χ0) is 36.8. The first kappa shape index (κ1) is 36.8. The van der Waals surface area contributed by atoms with Crippen LogP contribution in [0.2, 0.25) is 0 Å². The number of anilines is 1. The summed E-state index contributed by atoms with van der Waals surface area (Å²) in [5, 5.41) is 2.78. The number of nitrogens with one attached hydrogen (secondary N) is 1. The Balaban J connectivity index is 1.63. The molecule has 1 aliphatic rings. The van der Waals surface area contributed by atoms with Crippen LogP contribution in [0.5, 0.6) is 5.75 Å². The van der Waals surface area contributed by atoms with Crippen LogP contribution in [-0.4, -0.2) is 52.5 Å². The lowest BCUT2D eigenvalue weighted by atomic mass is 10.0. The van der Waals surface area contributed by atoms with Crippen molar-refractivity contribution < 1.29 is 36.6 Å². The number of para-hydroxylation sites is 1. The van der Waals surface area contributed by atoms with Crippen LogP contribution in [0, 0.1) is 5.82 Å². The van der Waals surface area contributed by atoms with Crippen molar-refractivity contribution in [3.63, 3.8) is 0 Å². The number of carbonyl (C=O) groups excluding carboxylic acids is 2. The van der Waals surface area contributed by atoms with Crippen LogP contribution in [0.25, 0.3) is 0 Å². The van der Waals surface area contributed by atoms with E-state index in [1.807, 2.05) is 60.4 Å². The Morgan fingerprint density at radius 1 is 0.980 bits per heavy atom. The molecule has 2 heterocycles. The van der Waals surface area contributed by atoms with Gasteiger partial charge in [-0.1, -0.05) is 30.3 Å². The number of carbonyl (C=O) groups is 2. The molecule has 0 fully saturated rings. The lowest BCUT2D eigenvalue weighted by Crippen LogP contribution is -2.56. The molecule has 1 aliphatic heterocycles. The summed E-state index contributed by atoms with van der Waals surface area (Å²) in [7, 11) is 0. The van der Waals surface area contributed by atoms with Crippen LogP contribution in [-0.2, 0) is 35.2 Å². The molecule has 4 aromatic rings. The molecule has 51 heavy (non-hydrogen) atoms. The van der Waals surface area contributed by atoms with Crippen molar-refractivity contribution in [2.24, 2.45) is 4.99 Å². The summed E-state index contributed by atoms with van der Waals surface area (Å²) >= 11 is 0. The van der Waals surface area contributed by atoms with Crippen molar-refractivity contribution in [2.75, 3.05) is 18.1 Å². The van der Waals surface area contributed by atoms with Crippen molar-refractivity contribution in [2.45, 2.75) is 65.0 Å². The van der Waals surface area contributed by atoms with Crippen molar-refractivity contribution in [1.29, 1.82) is 0 Å². The molecular weight excluding hydrogens is 666 g/mol. The lowest BCUT2D eigenvalue weighted by Gasteiger charge is -2.40. The van der Waals surface area contributed by atoms with E-state index < -0.39 is 47.6 Å². The molecule has 1 aromatic heterocycles. The largest absolute Gasteiger partial charge is 0.494 e. The monoisotopic (exact) mass is 705 g/mol. The number of fused-ring (bicyclic) bond motifs is 1. The van der Waals surface area contributed by atoms with E-state index in [2.05, 4.69) is 10.3 Å². The van der Waals surface area contributed by atoms with Gasteiger partial charge in [-0.25, -0.2) is 14.2 Å². The zero-order valence-corrected chi connectivity index (χ0v) is 28.7. The predicted molar refractivity (Wildman–Crippen MR) is 185 cm³/mol.